The van der Waals surface area contributed by atoms with Crippen LogP contribution in [0.1, 0.15) is 18.4 Å². The molecule has 0 saturated carbocycles. The summed E-state index contributed by atoms with van der Waals surface area (Å²) in [6.07, 6.45) is 1.41. The second-order valence-corrected chi connectivity index (χ2v) is 10.7. The van der Waals surface area contributed by atoms with Gasteiger partial charge in [0.25, 0.3) is 0 Å². The summed E-state index contributed by atoms with van der Waals surface area (Å²) < 4.78 is 27.5. The van der Waals surface area contributed by atoms with Crippen LogP contribution in [0.2, 0.25) is 5.02 Å². The number of piperidine rings is 1. The van der Waals surface area contributed by atoms with E-state index < -0.39 is 10.0 Å². The van der Waals surface area contributed by atoms with Crippen LogP contribution in [0.25, 0.3) is 0 Å². The van der Waals surface area contributed by atoms with Crippen molar-refractivity contribution in [3.8, 4) is 0 Å². The number of anilines is 1. The number of hydrogen-bond donors (Lipinski definition) is 0. The van der Waals surface area contributed by atoms with E-state index in [0.29, 0.717) is 31.1 Å². The lowest BCUT2D eigenvalue weighted by Crippen LogP contribution is -2.53. The second-order valence-electron chi connectivity index (χ2n) is 8.30. The molecule has 0 radical (unpaired) electrons. The summed E-state index contributed by atoms with van der Waals surface area (Å²) in [5.41, 5.74) is 2.41. The Morgan fingerprint density at radius 3 is 2.23 bits per heavy atom. The topological polar surface area (TPSA) is 60.9 Å². The van der Waals surface area contributed by atoms with Crippen LogP contribution < -0.4 is 4.90 Å². The quantitative estimate of drug-likeness (QED) is 0.700. The third-order valence-electron chi connectivity index (χ3n) is 6.18. The van der Waals surface area contributed by atoms with Crippen molar-refractivity contribution in [2.45, 2.75) is 24.7 Å². The Bertz CT molecular complexity index is 1020. The molecule has 1 amide bonds. The fraction of sp³-hybridized carbons (Fsp3) is 0.435. The van der Waals surface area contributed by atoms with Gasteiger partial charge in [0.1, 0.15) is 0 Å². The van der Waals surface area contributed by atoms with Gasteiger partial charge in [-0.15, -0.1) is 0 Å². The minimum atomic E-state index is -3.63. The summed E-state index contributed by atoms with van der Waals surface area (Å²) in [6, 6.07) is 14.6. The van der Waals surface area contributed by atoms with Gasteiger partial charge in [0, 0.05) is 50.0 Å². The first kappa shape index (κ1) is 22.1. The van der Waals surface area contributed by atoms with Crippen molar-refractivity contribution in [2.75, 3.05) is 44.2 Å². The number of piperazine rings is 1. The molecule has 0 unspecified atom stereocenters. The van der Waals surface area contributed by atoms with Crippen LogP contribution in [-0.4, -0.2) is 62.8 Å². The smallest absolute Gasteiger partial charge is 0.243 e. The molecule has 0 bridgehead atoms. The Morgan fingerprint density at radius 1 is 0.935 bits per heavy atom. The van der Waals surface area contributed by atoms with Gasteiger partial charge in [-0.3, -0.25) is 4.79 Å². The number of benzene rings is 2. The minimum absolute atomic E-state index is 0.0690. The molecule has 2 aliphatic heterocycles. The highest BCUT2D eigenvalue weighted by Gasteiger charge is 2.35. The zero-order valence-corrected chi connectivity index (χ0v) is 19.3. The van der Waals surface area contributed by atoms with Gasteiger partial charge in [0.05, 0.1) is 10.8 Å². The first-order valence-electron chi connectivity index (χ1n) is 10.7. The molecule has 0 spiro atoms. The predicted octanol–water partition coefficient (Wildman–Crippen LogP) is 3.40. The molecule has 166 valence electrons. The number of amides is 1. The first-order chi connectivity index (χ1) is 14.8. The van der Waals surface area contributed by atoms with E-state index in [1.54, 1.807) is 12.1 Å². The van der Waals surface area contributed by atoms with Crippen LogP contribution >= 0.6 is 11.6 Å². The van der Waals surface area contributed by atoms with Crippen molar-refractivity contribution in [3.05, 3.63) is 59.1 Å². The van der Waals surface area contributed by atoms with E-state index in [1.165, 1.54) is 27.7 Å². The number of rotatable bonds is 4. The third-order valence-corrected chi connectivity index (χ3v) is 8.31. The van der Waals surface area contributed by atoms with Crippen LogP contribution in [0.5, 0.6) is 0 Å². The van der Waals surface area contributed by atoms with Gasteiger partial charge in [-0.2, -0.15) is 4.31 Å². The highest BCUT2D eigenvalue weighted by atomic mass is 35.5. The van der Waals surface area contributed by atoms with E-state index in [2.05, 4.69) is 36.1 Å². The fourth-order valence-corrected chi connectivity index (χ4v) is 5.97. The van der Waals surface area contributed by atoms with Gasteiger partial charge in [-0.05, 0) is 56.2 Å². The van der Waals surface area contributed by atoms with Crippen LogP contribution in [-0.2, 0) is 14.8 Å². The molecule has 0 N–H and O–H groups in total. The average Bonchev–Trinajstić information content (AvgIpc) is 2.80. The Balaban J connectivity index is 1.38. The largest absolute Gasteiger partial charge is 0.368 e. The fourth-order valence-electron chi connectivity index (χ4n) is 4.32. The van der Waals surface area contributed by atoms with Crippen molar-refractivity contribution in [3.63, 3.8) is 0 Å². The molecular formula is C23H28ClN3O3S. The number of halogens is 1. The first-order valence-corrected chi connectivity index (χ1v) is 12.5. The van der Waals surface area contributed by atoms with Gasteiger partial charge >= 0.3 is 0 Å². The molecule has 4 rings (SSSR count). The van der Waals surface area contributed by atoms with Crippen LogP contribution in [0, 0.1) is 12.8 Å². The molecule has 6 nitrogen and oxygen atoms in total. The van der Waals surface area contributed by atoms with Gasteiger partial charge in [-0.25, -0.2) is 8.42 Å². The minimum Gasteiger partial charge on any atom is -0.368 e. The summed E-state index contributed by atoms with van der Waals surface area (Å²) in [5, 5.41) is 0.496. The Labute approximate surface area is 189 Å². The molecule has 0 aliphatic carbocycles. The standard InChI is InChI=1S/C23H28ClN3O3S/c1-18-4-8-21(9-5-18)25-13-15-26(16-14-25)23(28)19-3-2-12-27(17-19)31(29,30)22-10-6-20(24)7-11-22/h4-11,19H,2-3,12-17H2,1H3/t19-/m1/s1. The number of carbonyl (C=O) groups excluding carboxylic acids is 1. The highest BCUT2D eigenvalue weighted by molar-refractivity contribution is 7.89. The summed E-state index contributed by atoms with van der Waals surface area (Å²) in [7, 11) is -3.63. The van der Waals surface area contributed by atoms with E-state index in [4.69, 9.17) is 11.6 Å². The summed E-state index contributed by atoms with van der Waals surface area (Å²) >= 11 is 5.89. The van der Waals surface area contributed by atoms with E-state index >= 15 is 0 Å². The third kappa shape index (κ3) is 4.89. The zero-order valence-electron chi connectivity index (χ0n) is 17.7. The van der Waals surface area contributed by atoms with E-state index in [1.807, 2.05) is 4.90 Å². The molecular weight excluding hydrogens is 434 g/mol. The Morgan fingerprint density at radius 2 is 1.58 bits per heavy atom. The summed E-state index contributed by atoms with van der Waals surface area (Å²) in [4.78, 5) is 17.6. The van der Waals surface area contributed by atoms with Crippen molar-refractivity contribution >= 4 is 33.2 Å². The van der Waals surface area contributed by atoms with Gasteiger partial charge < -0.3 is 9.80 Å². The molecule has 8 heteroatoms. The molecule has 2 heterocycles. The lowest BCUT2D eigenvalue weighted by atomic mass is 9.97. The van der Waals surface area contributed by atoms with Gasteiger partial charge in [0.2, 0.25) is 15.9 Å². The lowest BCUT2D eigenvalue weighted by molar-refractivity contribution is -0.137. The molecule has 31 heavy (non-hydrogen) atoms. The maximum atomic E-state index is 13.2. The van der Waals surface area contributed by atoms with Gasteiger partial charge in [-0.1, -0.05) is 29.3 Å². The molecule has 1 atom stereocenters. The number of sulfonamides is 1. The maximum absolute atomic E-state index is 13.2. The average molecular weight is 462 g/mol. The lowest BCUT2D eigenvalue weighted by Gasteiger charge is -2.39. The van der Waals surface area contributed by atoms with Gasteiger partial charge in [0.15, 0.2) is 0 Å². The molecule has 2 saturated heterocycles. The zero-order chi connectivity index (χ0) is 22.0. The Hall–Kier alpha value is -2.09. The molecule has 2 aromatic carbocycles. The van der Waals surface area contributed by atoms with Crippen LogP contribution in [0.3, 0.4) is 0 Å². The van der Waals surface area contributed by atoms with Crippen LogP contribution in [0.4, 0.5) is 5.69 Å². The molecule has 2 aromatic rings. The SMILES string of the molecule is Cc1ccc(N2CCN(C(=O)[C@@H]3CCCN(S(=O)(=O)c4ccc(Cl)cc4)C3)CC2)cc1. The van der Waals surface area contributed by atoms with E-state index in [9.17, 15) is 13.2 Å². The summed E-state index contributed by atoms with van der Waals surface area (Å²) in [6.45, 7) is 5.64. The van der Waals surface area contributed by atoms with Crippen molar-refractivity contribution in [2.24, 2.45) is 5.92 Å². The number of nitrogens with zero attached hydrogens (tertiary/aromatic N) is 3. The number of carbonyl (C=O) groups is 1. The van der Waals surface area contributed by atoms with E-state index in [0.717, 1.165) is 19.5 Å². The Kier molecular flexibility index (Phi) is 6.55. The monoisotopic (exact) mass is 461 g/mol. The number of aryl methyl sites for hydroxylation is 1. The normalized spacial score (nSPS) is 20.6. The van der Waals surface area contributed by atoms with E-state index in [-0.39, 0.29) is 23.3 Å². The maximum Gasteiger partial charge on any atom is 0.243 e. The predicted molar refractivity (Wildman–Crippen MR) is 123 cm³/mol. The second kappa shape index (κ2) is 9.18. The van der Waals surface area contributed by atoms with Crippen molar-refractivity contribution < 1.29 is 13.2 Å². The molecule has 0 aromatic heterocycles. The molecule has 2 fully saturated rings. The highest BCUT2D eigenvalue weighted by Crippen LogP contribution is 2.26. The number of hydrogen-bond acceptors (Lipinski definition) is 4. The summed E-state index contributed by atoms with van der Waals surface area (Å²) in [5.74, 6) is -0.221. The molecule has 2 aliphatic rings. The van der Waals surface area contributed by atoms with Crippen molar-refractivity contribution in [1.82, 2.24) is 9.21 Å². The van der Waals surface area contributed by atoms with Crippen molar-refractivity contribution in [1.29, 1.82) is 0 Å². The van der Waals surface area contributed by atoms with Crippen LogP contribution in [0.15, 0.2) is 53.4 Å².